The Morgan fingerprint density at radius 2 is 1.50 bits per heavy atom. The Kier molecular flexibility index (Phi) is 6.05. The largest absolute Gasteiger partial charge is 0.496 e. The summed E-state index contributed by atoms with van der Waals surface area (Å²) < 4.78 is 5.52. The van der Waals surface area contributed by atoms with E-state index in [0.29, 0.717) is 18.0 Å². The molecule has 2 N–H and O–H groups in total. The molecule has 0 amide bonds. The van der Waals surface area contributed by atoms with E-state index in [1.54, 1.807) is 7.11 Å². The van der Waals surface area contributed by atoms with Crippen molar-refractivity contribution in [1.29, 1.82) is 0 Å². The van der Waals surface area contributed by atoms with Gasteiger partial charge >= 0.3 is 0 Å². The molecule has 0 aromatic heterocycles. The first-order valence-corrected chi connectivity index (χ1v) is 10.1. The molecule has 3 aromatic rings. The third-order valence-corrected chi connectivity index (χ3v) is 5.69. The molecular formula is C25H28N2O. The minimum Gasteiger partial charge on any atom is -0.496 e. The number of methoxy groups -OCH3 is 1. The molecule has 1 heterocycles. The highest BCUT2D eigenvalue weighted by Crippen LogP contribution is 2.32. The van der Waals surface area contributed by atoms with Crippen molar-refractivity contribution in [3.8, 4) is 5.75 Å². The molecule has 0 spiro atoms. The maximum absolute atomic E-state index is 5.52. The van der Waals surface area contributed by atoms with Crippen LogP contribution in [0.3, 0.4) is 0 Å². The van der Waals surface area contributed by atoms with Crippen LogP contribution in [0.2, 0.25) is 0 Å². The molecule has 3 heteroatoms. The Labute approximate surface area is 167 Å². The number of para-hydroxylation sites is 1. The summed E-state index contributed by atoms with van der Waals surface area (Å²) in [5.41, 5.74) is 3.92. The van der Waals surface area contributed by atoms with E-state index in [1.165, 1.54) is 16.7 Å². The topological polar surface area (TPSA) is 33.3 Å². The average molecular weight is 373 g/mol. The summed E-state index contributed by atoms with van der Waals surface area (Å²) >= 11 is 0. The molecule has 0 saturated carbocycles. The first-order valence-electron chi connectivity index (χ1n) is 10.1. The van der Waals surface area contributed by atoms with Crippen LogP contribution in [0.5, 0.6) is 5.75 Å². The molecular weight excluding hydrogens is 344 g/mol. The van der Waals surface area contributed by atoms with Crippen molar-refractivity contribution in [2.75, 3.05) is 13.7 Å². The van der Waals surface area contributed by atoms with Crippen LogP contribution in [0, 0.1) is 0 Å². The standard InChI is InChI=1S/C25H28N2O/c1-28-23-15-9-8-14-21(23)18-27-22-16-17-26-25(22)24(19-10-4-2-5-11-19)20-12-6-3-7-13-20/h2-15,22,24-27H,16-18H2,1H3. The summed E-state index contributed by atoms with van der Waals surface area (Å²) in [6.07, 6.45) is 1.12. The lowest BCUT2D eigenvalue weighted by molar-refractivity contribution is 0.393. The van der Waals surface area contributed by atoms with Crippen molar-refractivity contribution in [3.05, 3.63) is 102 Å². The van der Waals surface area contributed by atoms with Gasteiger partial charge < -0.3 is 15.4 Å². The first kappa shape index (κ1) is 18.7. The third kappa shape index (κ3) is 4.11. The molecule has 3 nitrogen and oxygen atoms in total. The number of ether oxygens (including phenoxy) is 1. The van der Waals surface area contributed by atoms with Gasteiger partial charge in [0.15, 0.2) is 0 Å². The van der Waals surface area contributed by atoms with E-state index in [-0.39, 0.29) is 0 Å². The van der Waals surface area contributed by atoms with Crippen LogP contribution in [0.15, 0.2) is 84.9 Å². The second kappa shape index (κ2) is 9.05. The van der Waals surface area contributed by atoms with Gasteiger partial charge in [-0.05, 0) is 30.2 Å². The Hall–Kier alpha value is -2.62. The van der Waals surface area contributed by atoms with Crippen molar-refractivity contribution >= 4 is 0 Å². The van der Waals surface area contributed by atoms with E-state index in [1.807, 2.05) is 12.1 Å². The number of hydrogen-bond acceptors (Lipinski definition) is 3. The van der Waals surface area contributed by atoms with Crippen molar-refractivity contribution in [3.63, 3.8) is 0 Å². The fourth-order valence-corrected chi connectivity index (χ4v) is 4.32. The lowest BCUT2D eigenvalue weighted by Crippen LogP contribution is -2.44. The normalized spacial score (nSPS) is 19.1. The predicted octanol–water partition coefficient (Wildman–Crippen LogP) is 4.35. The monoisotopic (exact) mass is 372 g/mol. The van der Waals surface area contributed by atoms with Gasteiger partial charge in [0.25, 0.3) is 0 Å². The van der Waals surface area contributed by atoms with Crippen LogP contribution in [0.25, 0.3) is 0 Å². The van der Waals surface area contributed by atoms with Gasteiger partial charge in [0.1, 0.15) is 5.75 Å². The van der Waals surface area contributed by atoms with Gasteiger partial charge in [-0.2, -0.15) is 0 Å². The quantitative estimate of drug-likeness (QED) is 0.647. The molecule has 0 radical (unpaired) electrons. The summed E-state index contributed by atoms with van der Waals surface area (Å²) in [5.74, 6) is 1.26. The summed E-state index contributed by atoms with van der Waals surface area (Å²) in [6.45, 7) is 1.84. The zero-order chi connectivity index (χ0) is 19.2. The molecule has 4 rings (SSSR count). The second-order valence-corrected chi connectivity index (χ2v) is 7.37. The van der Waals surface area contributed by atoms with Gasteiger partial charge in [-0.1, -0.05) is 78.9 Å². The molecule has 1 aliphatic heterocycles. The van der Waals surface area contributed by atoms with E-state index in [9.17, 15) is 0 Å². The molecule has 3 aromatic carbocycles. The summed E-state index contributed by atoms with van der Waals surface area (Å²) in [7, 11) is 1.74. The molecule has 2 unspecified atom stereocenters. The lowest BCUT2D eigenvalue weighted by atomic mass is 9.82. The maximum atomic E-state index is 5.52. The predicted molar refractivity (Wildman–Crippen MR) is 115 cm³/mol. The zero-order valence-electron chi connectivity index (χ0n) is 16.3. The van der Waals surface area contributed by atoms with E-state index in [0.717, 1.165) is 25.3 Å². The third-order valence-electron chi connectivity index (χ3n) is 5.69. The first-order chi connectivity index (χ1) is 13.9. The van der Waals surface area contributed by atoms with Crippen LogP contribution in [0.4, 0.5) is 0 Å². The van der Waals surface area contributed by atoms with Crippen LogP contribution in [0.1, 0.15) is 29.0 Å². The number of rotatable bonds is 7. The molecule has 1 saturated heterocycles. The summed E-state index contributed by atoms with van der Waals surface area (Å²) in [5, 5.41) is 7.58. The van der Waals surface area contributed by atoms with Gasteiger partial charge in [-0.3, -0.25) is 0 Å². The molecule has 28 heavy (non-hydrogen) atoms. The van der Waals surface area contributed by atoms with Crippen molar-refractivity contribution in [2.24, 2.45) is 0 Å². The van der Waals surface area contributed by atoms with Gasteiger partial charge in [0.05, 0.1) is 7.11 Å². The van der Waals surface area contributed by atoms with Gasteiger partial charge in [-0.15, -0.1) is 0 Å². The van der Waals surface area contributed by atoms with Crippen molar-refractivity contribution in [2.45, 2.75) is 31.0 Å². The zero-order valence-corrected chi connectivity index (χ0v) is 16.3. The Bertz CT molecular complexity index is 826. The van der Waals surface area contributed by atoms with Crippen LogP contribution >= 0.6 is 0 Å². The second-order valence-electron chi connectivity index (χ2n) is 7.37. The Morgan fingerprint density at radius 1 is 0.893 bits per heavy atom. The van der Waals surface area contributed by atoms with E-state index in [4.69, 9.17) is 4.74 Å². The number of benzene rings is 3. The van der Waals surface area contributed by atoms with Gasteiger partial charge in [0.2, 0.25) is 0 Å². The number of nitrogens with one attached hydrogen (secondary N) is 2. The fourth-order valence-electron chi connectivity index (χ4n) is 4.32. The van der Waals surface area contributed by atoms with E-state index >= 15 is 0 Å². The highest BCUT2D eigenvalue weighted by Gasteiger charge is 2.34. The fraction of sp³-hybridized carbons (Fsp3) is 0.280. The van der Waals surface area contributed by atoms with E-state index < -0.39 is 0 Å². The molecule has 0 aliphatic carbocycles. The maximum Gasteiger partial charge on any atom is 0.123 e. The number of hydrogen-bond donors (Lipinski definition) is 2. The van der Waals surface area contributed by atoms with E-state index in [2.05, 4.69) is 83.4 Å². The summed E-state index contributed by atoms with van der Waals surface area (Å²) in [6, 6.07) is 30.7. The Morgan fingerprint density at radius 3 is 2.14 bits per heavy atom. The van der Waals surface area contributed by atoms with Crippen molar-refractivity contribution < 1.29 is 4.74 Å². The lowest BCUT2D eigenvalue weighted by Gasteiger charge is -2.30. The summed E-state index contributed by atoms with van der Waals surface area (Å²) in [4.78, 5) is 0. The minimum absolute atomic E-state index is 0.320. The average Bonchev–Trinajstić information content (AvgIpc) is 3.22. The van der Waals surface area contributed by atoms with Crippen LogP contribution in [-0.4, -0.2) is 25.7 Å². The molecule has 1 fully saturated rings. The SMILES string of the molecule is COc1ccccc1CNC1CCNC1C(c1ccccc1)c1ccccc1. The highest BCUT2D eigenvalue weighted by atomic mass is 16.5. The van der Waals surface area contributed by atoms with Gasteiger partial charge in [0, 0.05) is 30.1 Å². The molecule has 0 bridgehead atoms. The Balaban J connectivity index is 1.57. The molecule has 144 valence electrons. The van der Waals surface area contributed by atoms with Crippen LogP contribution in [-0.2, 0) is 6.54 Å². The minimum atomic E-state index is 0.320. The molecule has 1 aliphatic rings. The highest BCUT2D eigenvalue weighted by molar-refractivity contribution is 5.36. The molecule has 2 atom stereocenters. The van der Waals surface area contributed by atoms with Gasteiger partial charge in [-0.25, -0.2) is 0 Å². The smallest absolute Gasteiger partial charge is 0.123 e. The van der Waals surface area contributed by atoms with Crippen molar-refractivity contribution in [1.82, 2.24) is 10.6 Å². The van der Waals surface area contributed by atoms with Crippen LogP contribution < -0.4 is 15.4 Å².